The summed E-state index contributed by atoms with van der Waals surface area (Å²) in [5.41, 5.74) is 2.49. The minimum atomic E-state index is -0.323. The van der Waals surface area contributed by atoms with E-state index in [0.717, 1.165) is 17.0 Å². The van der Waals surface area contributed by atoms with E-state index in [1.807, 2.05) is 36.0 Å². The average molecular weight is 381 g/mol. The number of nitrogens with one attached hydrogen (secondary N) is 1. The third kappa shape index (κ3) is 3.53. The predicted molar refractivity (Wildman–Crippen MR) is 102 cm³/mol. The van der Waals surface area contributed by atoms with Crippen LogP contribution < -0.4 is 10.2 Å². The lowest BCUT2D eigenvalue weighted by Crippen LogP contribution is -2.44. The average Bonchev–Trinajstić information content (AvgIpc) is 3.29. The molecule has 0 radical (unpaired) electrons. The molecular formula is C20H20FN5O2. The van der Waals surface area contributed by atoms with Gasteiger partial charge in [-0.2, -0.15) is 5.10 Å². The molecule has 0 atom stereocenters. The maximum absolute atomic E-state index is 13.0. The van der Waals surface area contributed by atoms with Crippen molar-refractivity contribution in [2.24, 2.45) is 7.05 Å². The monoisotopic (exact) mass is 381 g/mol. The standard InChI is InChI=1S/C20H20FN5O2/c1-24-9-2-3-17(24)16-11-19-25(20(28)8-10-26(19)23-16)13-18(27)22-12-14-4-6-15(21)7-5-14/h2-7,9,11H,8,10,12-13H2,1H3,(H,22,27). The van der Waals surface area contributed by atoms with Crippen LogP contribution in [0.15, 0.2) is 48.7 Å². The van der Waals surface area contributed by atoms with Gasteiger partial charge < -0.3 is 9.88 Å². The van der Waals surface area contributed by atoms with Gasteiger partial charge in [0.05, 0.1) is 12.2 Å². The van der Waals surface area contributed by atoms with Gasteiger partial charge in [0.25, 0.3) is 0 Å². The van der Waals surface area contributed by atoms with E-state index in [2.05, 4.69) is 10.4 Å². The fourth-order valence-electron chi connectivity index (χ4n) is 3.28. The number of fused-ring (bicyclic) bond motifs is 1. The van der Waals surface area contributed by atoms with E-state index < -0.39 is 0 Å². The van der Waals surface area contributed by atoms with Gasteiger partial charge in [0.1, 0.15) is 23.9 Å². The van der Waals surface area contributed by atoms with E-state index in [4.69, 9.17) is 0 Å². The van der Waals surface area contributed by atoms with Gasteiger partial charge in [-0.3, -0.25) is 14.5 Å². The van der Waals surface area contributed by atoms with Crippen LogP contribution in [0, 0.1) is 5.82 Å². The highest BCUT2D eigenvalue weighted by molar-refractivity contribution is 5.99. The van der Waals surface area contributed by atoms with Gasteiger partial charge in [0.15, 0.2) is 0 Å². The number of benzene rings is 1. The van der Waals surface area contributed by atoms with Crippen LogP contribution in [0.2, 0.25) is 0 Å². The van der Waals surface area contributed by atoms with Crippen molar-refractivity contribution in [1.29, 1.82) is 0 Å². The quantitative estimate of drug-likeness (QED) is 0.736. The molecule has 3 heterocycles. The molecule has 4 rings (SSSR count). The van der Waals surface area contributed by atoms with Crippen molar-refractivity contribution in [2.75, 3.05) is 11.4 Å². The maximum atomic E-state index is 13.0. The smallest absolute Gasteiger partial charge is 0.240 e. The Morgan fingerprint density at radius 2 is 2.04 bits per heavy atom. The Hall–Kier alpha value is -3.42. The highest BCUT2D eigenvalue weighted by atomic mass is 19.1. The first-order chi connectivity index (χ1) is 13.5. The van der Waals surface area contributed by atoms with E-state index >= 15 is 0 Å². The summed E-state index contributed by atoms with van der Waals surface area (Å²) in [7, 11) is 1.93. The number of anilines is 1. The number of carbonyl (C=O) groups excluding carboxylic acids is 2. The van der Waals surface area contributed by atoms with Crippen LogP contribution in [-0.4, -0.2) is 32.7 Å². The van der Waals surface area contributed by atoms with Crippen molar-refractivity contribution in [2.45, 2.75) is 19.5 Å². The van der Waals surface area contributed by atoms with Gasteiger partial charge in [-0.1, -0.05) is 12.1 Å². The van der Waals surface area contributed by atoms with Crippen molar-refractivity contribution in [3.8, 4) is 11.4 Å². The number of nitrogens with zero attached hydrogens (tertiary/aromatic N) is 4. The molecule has 0 saturated carbocycles. The number of halogens is 1. The molecule has 144 valence electrons. The summed E-state index contributed by atoms with van der Waals surface area (Å²) in [6.07, 6.45) is 2.23. The van der Waals surface area contributed by atoms with Crippen molar-refractivity contribution in [3.05, 3.63) is 60.0 Å². The van der Waals surface area contributed by atoms with Gasteiger partial charge in [-0.15, -0.1) is 0 Å². The fourth-order valence-corrected chi connectivity index (χ4v) is 3.28. The molecule has 0 spiro atoms. The lowest BCUT2D eigenvalue weighted by Gasteiger charge is -2.26. The van der Waals surface area contributed by atoms with Crippen LogP contribution in [0.3, 0.4) is 0 Å². The normalized spacial score (nSPS) is 13.5. The highest BCUT2D eigenvalue weighted by Crippen LogP contribution is 2.27. The Labute approximate surface area is 161 Å². The van der Waals surface area contributed by atoms with E-state index in [-0.39, 0.29) is 30.7 Å². The summed E-state index contributed by atoms with van der Waals surface area (Å²) in [5.74, 6) is -0.101. The summed E-state index contributed by atoms with van der Waals surface area (Å²) in [5, 5.41) is 7.35. The first-order valence-corrected chi connectivity index (χ1v) is 9.02. The Morgan fingerprint density at radius 1 is 1.25 bits per heavy atom. The van der Waals surface area contributed by atoms with Crippen molar-refractivity contribution < 1.29 is 14.0 Å². The van der Waals surface area contributed by atoms with Crippen LogP contribution in [-0.2, 0) is 29.7 Å². The second-order valence-corrected chi connectivity index (χ2v) is 6.75. The molecular weight excluding hydrogens is 361 g/mol. The van der Waals surface area contributed by atoms with Gasteiger partial charge in [-0.25, -0.2) is 9.07 Å². The van der Waals surface area contributed by atoms with Crippen LogP contribution in [0.25, 0.3) is 11.4 Å². The van der Waals surface area contributed by atoms with Crippen molar-refractivity contribution in [1.82, 2.24) is 19.7 Å². The van der Waals surface area contributed by atoms with E-state index in [0.29, 0.717) is 18.8 Å². The number of aromatic nitrogens is 3. The molecule has 0 bridgehead atoms. The molecule has 0 fully saturated rings. The zero-order valence-corrected chi connectivity index (χ0v) is 15.4. The Balaban J connectivity index is 1.48. The minimum absolute atomic E-state index is 0.0850. The zero-order valence-electron chi connectivity index (χ0n) is 15.4. The molecule has 28 heavy (non-hydrogen) atoms. The van der Waals surface area contributed by atoms with Gasteiger partial charge >= 0.3 is 0 Å². The Morgan fingerprint density at radius 3 is 2.75 bits per heavy atom. The third-order valence-corrected chi connectivity index (χ3v) is 4.78. The molecule has 3 aromatic rings. The lowest BCUT2D eigenvalue weighted by atomic mass is 10.2. The SMILES string of the molecule is Cn1cccc1-c1cc2n(n1)CCC(=O)N2CC(=O)NCc1ccc(F)cc1. The van der Waals surface area contributed by atoms with Crippen LogP contribution >= 0.6 is 0 Å². The number of carbonyl (C=O) groups is 2. The highest BCUT2D eigenvalue weighted by Gasteiger charge is 2.28. The zero-order chi connectivity index (χ0) is 19.7. The Bertz CT molecular complexity index is 1020. The third-order valence-electron chi connectivity index (χ3n) is 4.78. The first kappa shape index (κ1) is 18.0. The van der Waals surface area contributed by atoms with Gasteiger partial charge in [0, 0.05) is 32.3 Å². The molecule has 1 aliphatic heterocycles. The summed E-state index contributed by atoms with van der Waals surface area (Å²) in [6, 6.07) is 11.6. The molecule has 2 aromatic heterocycles. The second kappa shape index (κ2) is 7.30. The molecule has 0 aliphatic carbocycles. The topological polar surface area (TPSA) is 72.2 Å². The summed E-state index contributed by atoms with van der Waals surface area (Å²) in [4.78, 5) is 26.3. The van der Waals surface area contributed by atoms with Crippen molar-refractivity contribution >= 4 is 17.6 Å². The molecule has 8 heteroatoms. The molecule has 1 aliphatic rings. The maximum Gasteiger partial charge on any atom is 0.240 e. The van der Waals surface area contributed by atoms with Gasteiger partial charge in [-0.05, 0) is 29.8 Å². The van der Waals surface area contributed by atoms with E-state index in [9.17, 15) is 14.0 Å². The lowest BCUT2D eigenvalue weighted by molar-refractivity contribution is -0.124. The molecule has 7 nitrogen and oxygen atoms in total. The fraction of sp³-hybridized carbons (Fsp3) is 0.250. The minimum Gasteiger partial charge on any atom is -0.350 e. The first-order valence-electron chi connectivity index (χ1n) is 9.02. The largest absolute Gasteiger partial charge is 0.350 e. The molecule has 0 saturated heterocycles. The van der Waals surface area contributed by atoms with E-state index in [1.54, 1.807) is 16.8 Å². The van der Waals surface area contributed by atoms with Gasteiger partial charge in [0.2, 0.25) is 11.8 Å². The predicted octanol–water partition coefficient (Wildman–Crippen LogP) is 2.08. The van der Waals surface area contributed by atoms with Crippen molar-refractivity contribution in [3.63, 3.8) is 0 Å². The number of aryl methyl sites for hydroxylation is 2. The van der Waals surface area contributed by atoms with Crippen LogP contribution in [0.1, 0.15) is 12.0 Å². The van der Waals surface area contributed by atoms with E-state index in [1.165, 1.54) is 17.0 Å². The Kier molecular flexibility index (Phi) is 4.68. The number of hydrogen-bond donors (Lipinski definition) is 1. The molecule has 2 amide bonds. The summed E-state index contributed by atoms with van der Waals surface area (Å²) in [6.45, 7) is 0.680. The second-order valence-electron chi connectivity index (χ2n) is 6.75. The van der Waals surface area contributed by atoms with Crippen LogP contribution in [0.4, 0.5) is 10.2 Å². The summed E-state index contributed by atoms with van der Waals surface area (Å²) >= 11 is 0. The number of amides is 2. The molecule has 1 aromatic carbocycles. The van der Waals surface area contributed by atoms with Crippen LogP contribution in [0.5, 0.6) is 0 Å². The molecule has 1 N–H and O–H groups in total. The summed E-state index contributed by atoms with van der Waals surface area (Å²) < 4.78 is 16.7. The number of rotatable bonds is 5. The number of hydrogen-bond acceptors (Lipinski definition) is 3. The molecule has 0 unspecified atom stereocenters.